The summed E-state index contributed by atoms with van der Waals surface area (Å²) in [6.07, 6.45) is 0. The Morgan fingerprint density at radius 1 is 1.21 bits per heavy atom. The van der Waals surface area contributed by atoms with Crippen molar-refractivity contribution in [3.8, 4) is 0 Å². The van der Waals surface area contributed by atoms with E-state index in [1.54, 1.807) is 18.2 Å². The zero-order chi connectivity index (χ0) is 14.0. The number of carboxylic acid groups (broad SMARTS) is 1. The van der Waals surface area contributed by atoms with Crippen molar-refractivity contribution in [2.75, 3.05) is 11.1 Å². The monoisotopic (exact) mass is 324 g/mol. The summed E-state index contributed by atoms with van der Waals surface area (Å²) < 4.78 is 13.4. The topological polar surface area (TPSA) is 75.3 Å². The molecule has 0 aliphatic heterocycles. The first-order chi connectivity index (χ1) is 8.97. The molecule has 4 nitrogen and oxygen atoms in total. The summed E-state index contributed by atoms with van der Waals surface area (Å²) in [4.78, 5) is 11.0. The lowest BCUT2D eigenvalue weighted by Gasteiger charge is -2.09. The quantitative estimate of drug-likeness (QED) is 0.754. The second kappa shape index (κ2) is 5.27. The third-order valence-corrected chi connectivity index (χ3v) is 3.10. The van der Waals surface area contributed by atoms with E-state index in [0.717, 1.165) is 0 Å². The largest absolute Gasteiger partial charge is 0.478 e. The smallest absolute Gasteiger partial charge is 0.337 e. The number of nitrogens with two attached hydrogens (primary N) is 1. The number of benzene rings is 2. The molecule has 0 saturated heterocycles. The van der Waals surface area contributed by atoms with Crippen LogP contribution in [-0.4, -0.2) is 11.1 Å². The molecule has 0 aromatic heterocycles. The zero-order valence-corrected chi connectivity index (χ0v) is 11.2. The highest BCUT2D eigenvalue weighted by Crippen LogP contribution is 2.25. The molecule has 0 atom stereocenters. The van der Waals surface area contributed by atoms with Crippen molar-refractivity contribution in [3.63, 3.8) is 0 Å². The number of aromatic carboxylic acids is 1. The van der Waals surface area contributed by atoms with Gasteiger partial charge in [-0.15, -0.1) is 0 Å². The molecule has 0 bridgehead atoms. The minimum atomic E-state index is -1.10. The molecule has 0 spiro atoms. The van der Waals surface area contributed by atoms with Gasteiger partial charge in [0.15, 0.2) is 0 Å². The molecule has 0 fully saturated rings. The number of rotatable bonds is 3. The van der Waals surface area contributed by atoms with Gasteiger partial charge in [-0.05, 0) is 52.3 Å². The molecule has 98 valence electrons. The Morgan fingerprint density at radius 2 is 1.84 bits per heavy atom. The predicted molar refractivity (Wildman–Crippen MR) is 75.2 cm³/mol. The number of hydrogen-bond donors (Lipinski definition) is 3. The van der Waals surface area contributed by atoms with Crippen LogP contribution in [0.3, 0.4) is 0 Å². The van der Waals surface area contributed by atoms with Crippen LogP contribution < -0.4 is 11.1 Å². The third-order valence-electron chi connectivity index (χ3n) is 2.49. The summed E-state index contributed by atoms with van der Waals surface area (Å²) in [5.41, 5.74) is 6.97. The van der Waals surface area contributed by atoms with Gasteiger partial charge in [0, 0.05) is 17.1 Å². The fourth-order valence-electron chi connectivity index (χ4n) is 1.56. The van der Waals surface area contributed by atoms with E-state index in [1.165, 1.54) is 18.2 Å². The molecule has 0 heterocycles. The van der Waals surface area contributed by atoms with Crippen molar-refractivity contribution >= 4 is 39.0 Å². The van der Waals surface area contributed by atoms with Gasteiger partial charge in [-0.1, -0.05) is 0 Å². The third kappa shape index (κ3) is 3.03. The standard InChI is InChI=1S/C13H10BrFN2O2/c14-10-6-8(1-3-11(10)15)17-7-2-4-12(16)9(5-7)13(18)19/h1-6,17H,16H2,(H,18,19). The van der Waals surface area contributed by atoms with Crippen molar-refractivity contribution in [2.45, 2.75) is 0 Å². The summed E-state index contributed by atoms with van der Waals surface area (Å²) in [6, 6.07) is 9.00. The Hall–Kier alpha value is -2.08. The lowest BCUT2D eigenvalue weighted by Crippen LogP contribution is -2.03. The summed E-state index contributed by atoms with van der Waals surface area (Å²) in [5.74, 6) is -1.46. The number of anilines is 3. The van der Waals surface area contributed by atoms with Crippen LogP contribution in [0.2, 0.25) is 0 Å². The number of carbonyl (C=O) groups is 1. The lowest BCUT2D eigenvalue weighted by molar-refractivity contribution is 0.0698. The summed E-state index contributed by atoms with van der Waals surface area (Å²) in [7, 11) is 0. The first kappa shape index (κ1) is 13.4. The van der Waals surface area contributed by atoms with Gasteiger partial charge in [-0.2, -0.15) is 0 Å². The van der Waals surface area contributed by atoms with Gasteiger partial charge in [0.25, 0.3) is 0 Å². The van der Waals surface area contributed by atoms with Crippen LogP contribution in [0.15, 0.2) is 40.9 Å². The molecule has 0 saturated carbocycles. The van der Waals surface area contributed by atoms with Crippen LogP contribution in [0.1, 0.15) is 10.4 Å². The maximum absolute atomic E-state index is 13.1. The minimum Gasteiger partial charge on any atom is -0.478 e. The molecule has 0 aliphatic rings. The highest BCUT2D eigenvalue weighted by Gasteiger charge is 2.09. The van der Waals surface area contributed by atoms with Gasteiger partial charge in [-0.3, -0.25) is 0 Å². The second-order valence-electron chi connectivity index (χ2n) is 3.86. The van der Waals surface area contributed by atoms with E-state index in [1.807, 2.05) is 0 Å². The Balaban J connectivity index is 2.30. The molecule has 0 radical (unpaired) electrons. The van der Waals surface area contributed by atoms with Crippen molar-refractivity contribution in [3.05, 3.63) is 52.3 Å². The molecule has 2 aromatic rings. The SMILES string of the molecule is Nc1ccc(Nc2ccc(F)c(Br)c2)cc1C(=O)O. The van der Waals surface area contributed by atoms with E-state index in [0.29, 0.717) is 15.8 Å². The molecule has 4 N–H and O–H groups in total. The van der Waals surface area contributed by atoms with Crippen molar-refractivity contribution < 1.29 is 14.3 Å². The molecule has 2 aromatic carbocycles. The van der Waals surface area contributed by atoms with Crippen LogP contribution in [0.5, 0.6) is 0 Å². The van der Waals surface area contributed by atoms with Crippen molar-refractivity contribution in [1.82, 2.24) is 0 Å². The fourth-order valence-corrected chi connectivity index (χ4v) is 1.94. The van der Waals surface area contributed by atoms with E-state index in [9.17, 15) is 9.18 Å². The number of halogens is 2. The van der Waals surface area contributed by atoms with E-state index in [-0.39, 0.29) is 17.1 Å². The molecule has 2 rings (SSSR count). The van der Waals surface area contributed by atoms with Gasteiger partial charge >= 0.3 is 5.97 Å². The van der Waals surface area contributed by atoms with E-state index >= 15 is 0 Å². The molecular formula is C13H10BrFN2O2. The van der Waals surface area contributed by atoms with Crippen LogP contribution in [0.25, 0.3) is 0 Å². The van der Waals surface area contributed by atoms with Crippen LogP contribution in [0.4, 0.5) is 21.5 Å². The highest BCUT2D eigenvalue weighted by atomic mass is 79.9. The van der Waals surface area contributed by atoms with Gasteiger partial charge < -0.3 is 16.2 Å². The normalized spacial score (nSPS) is 10.2. The maximum Gasteiger partial charge on any atom is 0.337 e. The van der Waals surface area contributed by atoms with Gasteiger partial charge in [-0.25, -0.2) is 9.18 Å². The number of nitrogens with one attached hydrogen (secondary N) is 1. The van der Waals surface area contributed by atoms with Crippen LogP contribution in [0, 0.1) is 5.82 Å². The van der Waals surface area contributed by atoms with E-state index in [2.05, 4.69) is 21.2 Å². The Labute approximate surface area is 117 Å². The molecule has 0 unspecified atom stereocenters. The summed E-state index contributed by atoms with van der Waals surface area (Å²) >= 11 is 3.08. The Morgan fingerprint density at radius 3 is 2.47 bits per heavy atom. The number of carboxylic acids is 1. The van der Waals surface area contributed by atoms with E-state index in [4.69, 9.17) is 10.8 Å². The van der Waals surface area contributed by atoms with Crippen molar-refractivity contribution in [1.29, 1.82) is 0 Å². The first-order valence-electron chi connectivity index (χ1n) is 5.32. The molecule has 19 heavy (non-hydrogen) atoms. The molecule has 6 heteroatoms. The van der Waals surface area contributed by atoms with Crippen LogP contribution >= 0.6 is 15.9 Å². The second-order valence-corrected chi connectivity index (χ2v) is 4.72. The molecule has 0 aliphatic carbocycles. The molecular weight excluding hydrogens is 315 g/mol. The summed E-state index contributed by atoms with van der Waals surface area (Å²) in [6.45, 7) is 0. The van der Waals surface area contributed by atoms with E-state index < -0.39 is 5.97 Å². The maximum atomic E-state index is 13.1. The average molecular weight is 325 g/mol. The number of nitrogen functional groups attached to an aromatic ring is 1. The molecule has 0 amide bonds. The van der Waals surface area contributed by atoms with Gasteiger partial charge in [0.05, 0.1) is 10.0 Å². The Bertz CT molecular complexity index is 647. The Kier molecular flexibility index (Phi) is 3.71. The zero-order valence-electron chi connectivity index (χ0n) is 9.65. The van der Waals surface area contributed by atoms with Gasteiger partial charge in [0.1, 0.15) is 5.82 Å². The average Bonchev–Trinajstić information content (AvgIpc) is 2.36. The van der Waals surface area contributed by atoms with Crippen LogP contribution in [-0.2, 0) is 0 Å². The lowest BCUT2D eigenvalue weighted by atomic mass is 10.1. The summed E-state index contributed by atoms with van der Waals surface area (Å²) in [5, 5.41) is 12.0. The highest BCUT2D eigenvalue weighted by molar-refractivity contribution is 9.10. The fraction of sp³-hybridized carbons (Fsp3) is 0. The van der Waals surface area contributed by atoms with Crippen molar-refractivity contribution in [2.24, 2.45) is 0 Å². The van der Waals surface area contributed by atoms with Gasteiger partial charge in [0.2, 0.25) is 0 Å². The minimum absolute atomic E-state index is 0.0196. The number of hydrogen-bond acceptors (Lipinski definition) is 3. The predicted octanol–water partition coefficient (Wildman–Crippen LogP) is 3.61. The first-order valence-corrected chi connectivity index (χ1v) is 6.11.